The van der Waals surface area contributed by atoms with E-state index in [9.17, 15) is 0 Å². The lowest BCUT2D eigenvalue weighted by Gasteiger charge is -2.03. The lowest BCUT2D eigenvalue weighted by atomic mass is 10.2. The van der Waals surface area contributed by atoms with Crippen molar-refractivity contribution < 1.29 is 4.74 Å². The zero-order valence-corrected chi connectivity index (χ0v) is 10.4. The minimum Gasteiger partial charge on any atom is -0.495 e. The molecule has 0 aliphatic carbocycles. The van der Waals surface area contributed by atoms with E-state index in [0.717, 1.165) is 5.69 Å². The second-order valence-corrected chi connectivity index (χ2v) is 3.96. The number of hydrogen-bond donors (Lipinski definition) is 1. The van der Waals surface area contributed by atoms with Gasteiger partial charge >= 0.3 is 0 Å². The molecule has 2 rings (SSSR count). The van der Waals surface area contributed by atoms with Crippen molar-refractivity contribution in [1.29, 1.82) is 0 Å². The average molecular weight is 241 g/mol. The summed E-state index contributed by atoms with van der Waals surface area (Å²) in [7, 11) is 1.58. The molecule has 4 heteroatoms. The third-order valence-corrected chi connectivity index (χ3v) is 2.53. The Hall–Kier alpha value is -2.36. The Balaban J connectivity index is 2.20. The predicted octanol–water partition coefficient (Wildman–Crippen LogP) is 4.00. The van der Waals surface area contributed by atoms with Crippen molar-refractivity contribution in [2.75, 3.05) is 12.8 Å². The van der Waals surface area contributed by atoms with Crippen LogP contribution >= 0.6 is 0 Å². The number of ether oxygens (including phenoxy) is 1. The van der Waals surface area contributed by atoms with E-state index in [-0.39, 0.29) is 0 Å². The van der Waals surface area contributed by atoms with Crippen LogP contribution in [0.5, 0.6) is 5.75 Å². The topological polar surface area (TPSA) is 60.0 Å². The van der Waals surface area contributed by atoms with Gasteiger partial charge in [0, 0.05) is 6.07 Å². The monoisotopic (exact) mass is 241 g/mol. The second kappa shape index (κ2) is 5.31. The van der Waals surface area contributed by atoms with Crippen molar-refractivity contribution in [3.8, 4) is 5.75 Å². The normalized spacial score (nSPS) is 10.8. The zero-order valence-electron chi connectivity index (χ0n) is 10.4. The highest BCUT2D eigenvalue weighted by Gasteiger charge is 1.99. The molecule has 2 N–H and O–H groups in total. The van der Waals surface area contributed by atoms with E-state index in [1.807, 2.05) is 31.2 Å². The van der Waals surface area contributed by atoms with E-state index in [0.29, 0.717) is 17.1 Å². The van der Waals surface area contributed by atoms with Crippen LogP contribution in [0.25, 0.3) is 0 Å². The van der Waals surface area contributed by atoms with Gasteiger partial charge in [-0.05, 0) is 31.2 Å². The summed E-state index contributed by atoms with van der Waals surface area (Å²) in [6.45, 7) is 2.03. The number of nitrogens with zero attached hydrogens (tertiary/aromatic N) is 2. The van der Waals surface area contributed by atoms with Crippen LogP contribution < -0.4 is 10.5 Å². The van der Waals surface area contributed by atoms with E-state index in [4.69, 9.17) is 10.5 Å². The number of benzene rings is 2. The van der Waals surface area contributed by atoms with Crippen LogP contribution in [0, 0.1) is 6.92 Å². The summed E-state index contributed by atoms with van der Waals surface area (Å²) in [4.78, 5) is 0. The minimum absolute atomic E-state index is 0.590. The van der Waals surface area contributed by atoms with Crippen molar-refractivity contribution >= 4 is 17.1 Å². The molecule has 0 radical (unpaired) electrons. The first kappa shape index (κ1) is 12.1. The van der Waals surface area contributed by atoms with Gasteiger partial charge in [0.15, 0.2) is 0 Å². The molecule has 4 nitrogen and oxygen atoms in total. The molecule has 2 aromatic carbocycles. The molecule has 0 amide bonds. The first-order valence-electron chi connectivity index (χ1n) is 5.61. The fourth-order valence-electron chi connectivity index (χ4n) is 1.49. The third kappa shape index (κ3) is 2.85. The fourth-order valence-corrected chi connectivity index (χ4v) is 1.49. The van der Waals surface area contributed by atoms with Gasteiger partial charge in [-0.1, -0.05) is 17.7 Å². The molecule has 0 saturated carbocycles. The van der Waals surface area contributed by atoms with E-state index in [1.54, 1.807) is 25.3 Å². The summed E-state index contributed by atoms with van der Waals surface area (Å²) in [5.41, 5.74) is 9.04. The Bertz CT molecular complexity index is 562. The summed E-state index contributed by atoms with van der Waals surface area (Å²) in [6, 6.07) is 13.2. The van der Waals surface area contributed by atoms with Crippen molar-refractivity contribution in [2.45, 2.75) is 6.92 Å². The van der Waals surface area contributed by atoms with Gasteiger partial charge in [-0.3, -0.25) is 0 Å². The number of anilines is 1. The van der Waals surface area contributed by atoms with Crippen molar-refractivity contribution in [2.24, 2.45) is 10.2 Å². The highest BCUT2D eigenvalue weighted by molar-refractivity contribution is 5.59. The smallest absolute Gasteiger partial charge is 0.143 e. The zero-order chi connectivity index (χ0) is 13.0. The van der Waals surface area contributed by atoms with Crippen LogP contribution in [0.1, 0.15) is 5.56 Å². The van der Waals surface area contributed by atoms with Crippen LogP contribution in [-0.4, -0.2) is 7.11 Å². The Morgan fingerprint density at radius 3 is 2.22 bits per heavy atom. The first-order valence-corrected chi connectivity index (χ1v) is 5.61. The summed E-state index contributed by atoms with van der Waals surface area (Å²) < 4.78 is 5.13. The largest absolute Gasteiger partial charge is 0.495 e. The Morgan fingerprint density at radius 1 is 0.944 bits per heavy atom. The minimum atomic E-state index is 0.590. The average Bonchev–Trinajstić information content (AvgIpc) is 2.39. The summed E-state index contributed by atoms with van der Waals surface area (Å²) >= 11 is 0. The lowest BCUT2D eigenvalue weighted by Crippen LogP contribution is -1.90. The molecule has 0 unspecified atom stereocenters. The van der Waals surface area contributed by atoms with Gasteiger partial charge in [-0.2, -0.15) is 10.2 Å². The summed E-state index contributed by atoms with van der Waals surface area (Å²) in [5.74, 6) is 0.607. The van der Waals surface area contributed by atoms with Crippen molar-refractivity contribution in [1.82, 2.24) is 0 Å². The Kier molecular flexibility index (Phi) is 3.57. The van der Waals surface area contributed by atoms with Gasteiger partial charge in [-0.15, -0.1) is 0 Å². The molecule has 0 aliphatic heterocycles. The van der Waals surface area contributed by atoms with Gasteiger partial charge in [0.1, 0.15) is 5.75 Å². The Labute approximate surface area is 106 Å². The van der Waals surface area contributed by atoms with Gasteiger partial charge in [-0.25, -0.2) is 0 Å². The molecule has 0 fully saturated rings. The van der Waals surface area contributed by atoms with E-state index in [2.05, 4.69) is 10.2 Å². The molecule has 0 aromatic heterocycles. The van der Waals surface area contributed by atoms with Gasteiger partial charge in [0.2, 0.25) is 0 Å². The predicted molar refractivity (Wildman–Crippen MR) is 72.8 cm³/mol. The summed E-state index contributed by atoms with van der Waals surface area (Å²) in [6.07, 6.45) is 0. The second-order valence-electron chi connectivity index (χ2n) is 3.96. The molecule has 0 spiro atoms. The first-order chi connectivity index (χ1) is 8.69. The molecular formula is C14H15N3O. The van der Waals surface area contributed by atoms with Crippen LogP contribution in [0.15, 0.2) is 52.7 Å². The molecule has 2 aromatic rings. The van der Waals surface area contributed by atoms with Gasteiger partial charge < -0.3 is 10.5 Å². The maximum absolute atomic E-state index is 5.73. The van der Waals surface area contributed by atoms with E-state index < -0.39 is 0 Å². The third-order valence-electron chi connectivity index (χ3n) is 2.53. The van der Waals surface area contributed by atoms with Crippen LogP contribution in [0.3, 0.4) is 0 Å². The molecule has 92 valence electrons. The molecule has 0 bridgehead atoms. The SMILES string of the molecule is COc1cc(/N=N/c2ccc(C)cc2)ccc1N. The molecule has 18 heavy (non-hydrogen) atoms. The Morgan fingerprint density at radius 2 is 1.56 bits per heavy atom. The van der Waals surface area contributed by atoms with Crippen molar-refractivity contribution in [3.05, 3.63) is 48.0 Å². The number of rotatable bonds is 3. The van der Waals surface area contributed by atoms with E-state index in [1.165, 1.54) is 5.56 Å². The molecule has 0 saturated heterocycles. The van der Waals surface area contributed by atoms with Crippen LogP contribution in [0.4, 0.5) is 17.1 Å². The number of methoxy groups -OCH3 is 1. The van der Waals surface area contributed by atoms with Crippen LogP contribution in [0.2, 0.25) is 0 Å². The molecule has 0 atom stereocenters. The highest BCUT2D eigenvalue weighted by Crippen LogP contribution is 2.27. The molecule has 0 heterocycles. The highest BCUT2D eigenvalue weighted by atomic mass is 16.5. The maximum atomic E-state index is 5.73. The number of nitrogen functional groups attached to an aromatic ring is 1. The van der Waals surface area contributed by atoms with Gasteiger partial charge in [0.05, 0.1) is 24.2 Å². The molecular weight excluding hydrogens is 226 g/mol. The number of hydrogen-bond acceptors (Lipinski definition) is 4. The quantitative estimate of drug-likeness (QED) is 0.652. The number of aryl methyl sites for hydroxylation is 1. The number of azo groups is 1. The van der Waals surface area contributed by atoms with Gasteiger partial charge in [0.25, 0.3) is 0 Å². The number of nitrogens with two attached hydrogens (primary N) is 1. The maximum Gasteiger partial charge on any atom is 0.143 e. The lowest BCUT2D eigenvalue weighted by molar-refractivity contribution is 0.417. The van der Waals surface area contributed by atoms with Crippen molar-refractivity contribution in [3.63, 3.8) is 0 Å². The van der Waals surface area contributed by atoms with E-state index >= 15 is 0 Å². The molecule has 0 aliphatic rings. The van der Waals surface area contributed by atoms with Crippen LogP contribution in [-0.2, 0) is 0 Å². The fraction of sp³-hybridized carbons (Fsp3) is 0.143. The standard InChI is InChI=1S/C14H15N3O/c1-10-3-5-11(6-4-10)16-17-12-7-8-13(15)14(9-12)18-2/h3-9H,15H2,1-2H3/b17-16+. The summed E-state index contributed by atoms with van der Waals surface area (Å²) in [5, 5.41) is 8.30.